The van der Waals surface area contributed by atoms with Crippen molar-refractivity contribution < 1.29 is 15.0 Å². The Bertz CT molecular complexity index is 378. The van der Waals surface area contributed by atoms with Crippen molar-refractivity contribution in [2.75, 3.05) is 20.2 Å². The zero-order chi connectivity index (χ0) is 13.5. The molecule has 0 aliphatic carbocycles. The summed E-state index contributed by atoms with van der Waals surface area (Å²) in [5.74, 6) is 0.234. The molecule has 5 nitrogen and oxygen atoms in total. The number of benzene rings is 1. The van der Waals surface area contributed by atoms with Crippen LogP contribution in [0.5, 0.6) is 5.75 Å². The number of phenolic OH excluding ortho intramolecular Hbond substituents is 1. The fourth-order valence-electron chi connectivity index (χ4n) is 1.61. The Morgan fingerprint density at radius 3 is 2.56 bits per heavy atom. The number of urea groups is 1. The number of phenols is 1. The molecule has 0 aliphatic rings. The third kappa shape index (κ3) is 4.63. The van der Waals surface area contributed by atoms with Crippen molar-refractivity contribution in [3.05, 3.63) is 29.8 Å². The minimum atomic E-state index is -0.199. The number of carbonyl (C=O) groups excluding carboxylic acids is 1. The van der Waals surface area contributed by atoms with E-state index in [4.69, 9.17) is 10.2 Å². The van der Waals surface area contributed by atoms with Crippen LogP contribution < -0.4 is 5.32 Å². The Morgan fingerprint density at radius 2 is 2.00 bits per heavy atom. The Hall–Kier alpha value is -1.75. The normalized spacial score (nSPS) is 11.9. The molecule has 100 valence electrons. The number of nitrogens with zero attached hydrogens (tertiary/aromatic N) is 1. The van der Waals surface area contributed by atoms with Crippen molar-refractivity contribution in [2.24, 2.45) is 0 Å². The fraction of sp³-hybridized carbons (Fsp3) is 0.462. The van der Waals surface area contributed by atoms with Gasteiger partial charge in [0.1, 0.15) is 5.75 Å². The smallest absolute Gasteiger partial charge is 0.317 e. The van der Waals surface area contributed by atoms with Gasteiger partial charge >= 0.3 is 6.03 Å². The number of nitrogens with one attached hydrogen (secondary N) is 1. The Morgan fingerprint density at radius 1 is 1.39 bits per heavy atom. The Labute approximate surface area is 107 Å². The molecule has 0 bridgehead atoms. The van der Waals surface area contributed by atoms with Gasteiger partial charge in [0.2, 0.25) is 0 Å². The van der Waals surface area contributed by atoms with Crippen molar-refractivity contribution in [1.82, 2.24) is 10.2 Å². The lowest BCUT2D eigenvalue weighted by Gasteiger charge is -2.20. The summed E-state index contributed by atoms with van der Waals surface area (Å²) in [5.41, 5.74) is 1.05. The number of carbonyl (C=O) groups is 1. The standard InChI is InChI=1S/C13H20N2O3/c1-10(14-13(18)15(2)7-8-16)9-11-3-5-12(17)6-4-11/h3-6,10,16-17H,7-9H2,1-2H3,(H,14,18). The van der Waals surface area contributed by atoms with Gasteiger partial charge in [-0.3, -0.25) is 0 Å². The summed E-state index contributed by atoms with van der Waals surface area (Å²) in [6.45, 7) is 2.19. The number of hydrogen-bond donors (Lipinski definition) is 3. The van der Waals surface area contributed by atoms with Crippen LogP contribution in [-0.2, 0) is 6.42 Å². The van der Waals surface area contributed by atoms with Crippen LogP contribution in [0.25, 0.3) is 0 Å². The lowest BCUT2D eigenvalue weighted by molar-refractivity contribution is 0.187. The van der Waals surface area contributed by atoms with Gasteiger partial charge in [-0.15, -0.1) is 0 Å². The molecule has 18 heavy (non-hydrogen) atoms. The van der Waals surface area contributed by atoms with Gasteiger partial charge in [-0.25, -0.2) is 4.79 Å². The summed E-state index contributed by atoms with van der Waals surface area (Å²) in [7, 11) is 1.64. The number of aliphatic hydroxyl groups is 1. The average Bonchev–Trinajstić information content (AvgIpc) is 2.32. The summed E-state index contributed by atoms with van der Waals surface area (Å²) in [6.07, 6.45) is 0.693. The van der Waals surface area contributed by atoms with E-state index in [1.54, 1.807) is 19.2 Å². The highest BCUT2D eigenvalue weighted by Gasteiger charge is 2.11. The topological polar surface area (TPSA) is 72.8 Å². The molecule has 0 saturated carbocycles. The summed E-state index contributed by atoms with van der Waals surface area (Å²) in [5, 5.41) is 20.7. The van der Waals surface area contributed by atoms with Crippen LogP contribution in [0.2, 0.25) is 0 Å². The molecule has 1 atom stereocenters. The molecule has 0 fully saturated rings. The van der Waals surface area contributed by atoms with Crippen LogP contribution in [0, 0.1) is 0 Å². The SMILES string of the molecule is CC(Cc1ccc(O)cc1)NC(=O)N(C)CCO. The van der Waals surface area contributed by atoms with Crippen LogP contribution >= 0.6 is 0 Å². The second-order valence-corrected chi connectivity index (χ2v) is 4.37. The van der Waals surface area contributed by atoms with Gasteiger partial charge in [-0.2, -0.15) is 0 Å². The van der Waals surface area contributed by atoms with Gasteiger partial charge in [0, 0.05) is 19.6 Å². The fourth-order valence-corrected chi connectivity index (χ4v) is 1.61. The average molecular weight is 252 g/mol. The molecule has 1 aromatic carbocycles. The Kier molecular flexibility index (Phi) is 5.45. The zero-order valence-corrected chi connectivity index (χ0v) is 10.8. The second-order valence-electron chi connectivity index (χ2n) is 4.37. The third-order valence-corrected chi connectivity index (χ3v) is 2.63. The second kappa shape index (κ2) is 6.86. The number of amides is 2. The molecule has 1 aromatic rings. The number of aliphatic hydroxyl groups excluding tert-OH is 1. The van der Waals surface area contributed by atoms with E-state index >= 15 is 0 Å². The quantitative estimate of drug-likeness (QED) is 0.730. The van der Waals surface area contributed by atoms with Crippen LogP contribution in [-0.4, -0.2) is 47.4 Å². The maximum atomic E-state index is 11.7. The number of hydrogen-bond acceptors (Lipinski definition) is 3. The van der Waals surface area contributed by atoms with Gasteiger partial charge in [0.05, 0.1) is 6.61 Å². The first-order valence-corrected chi connectivity index (χ1v) is 5.93. The largest absolute Gasteiger partial charge is 0.508 e. The Balaban J connectivity index is 2.43. The van der Waals surface area contributed by atoms with Crippen LogP contribution in [0.15, 0.2) is 24.3 Å². The van der Waals surface area contributed by atoms with Gasteiger partial charge in [-0.05, 0) is 31.0 Å². The van der Waals surface area contributed by atoms with E-state index in [1.165, 1.54) is 4.90 Å². The first kappa shape index (κ1) is 14.3. The minimum Gasteiger partial charge on any atom is -0.508 e. The summed E-state index contributed by atoms with van der Waals surface area (Å²) in [6, 6.07) is 6.70. The lowest BCUT2D eigenvalue weighted by Crippen LogP contribution is -2.43. The molecule has 0 saturated heterocycles. The van der Waals surface area contributed by atoms with Gasteiger partial charge < -0.3 is 20.4 Å². The van der Waals surface area contributed by atoms with E-state index in [9.17, 15) is 4.79 Å². The number of aromatic hydroxyl groups is 1. The van der Waals surface area contributed by atoms with Crippen molar-refractivity contribution in [3.8, 4) is 5.75 Å². The predicted molar refractivity (Wildman–Crippen MR) is 69.5 cm³/mol. The predicted octanol–water partition coefficient (Wildman–Crippen LogP) is 0.957. The number of likely N-dealkylation sites (N-methyl/N-ethyl adjacent to an activating group) is 1. The molecule has 3 N–H and O–H groups in total. The molecule has 0 spiro atoms. The lowest BCUT2D eigenvalue weighted by atomic mass is 10.1. The molecule has 0 aromatic heterocycles. The molecule has 0 radical (unpaired) electrons. The molecule has 0 heterocycles. The highest BCUT2D eigenvalue weighted by molar-refractivity contribution is 5.74. The summed E-state index contributed by atoms with van der Waals surface area (Å²) in [4.78, 5) is 13.1. The maximum absolute atomic E-state index is 11.7. The molecule has 1 unspecified atom stereocenters. The molecule has 5 heteroatoms. The maximum Gasteiger partial charge on any atom is 0.317 e. The molecular formula is C13H20N2O3. The molecule has 0 aliphatic heterocycles. The van der Waals surface area contributed by atoms with E-state index in [0.29, 0.717) is 13.0 Å². The van der Waals surface area contributed by atoms with E-state index in [-0.39, 0.29) is 24.4 Å². The first-order chi connectivity index (χ1) is 8.52. The van der Waals surface area contributed by atoms with E-state index in [0.717, 1.165) is 5.56 Å². The van der Waals surface area contributed by atoms with Crippen molar-refractivity contribution in [2.45, 2.75) is 19.4 Å². The van der Waals surface area contributed by atoms with E-state index in [2.05, 4.69) is 5.32 Å². The zero-order valence-electron chi connectivity index (χ0n) is 10.8. The van der Waals surface area contributed by atoms with Gasteiger partial charge in [-0.1, -0.05) is 12.1 Å². The van der Waals surface area contributed by atoms with Crippen LogP contribution in [0.1, 0.15) is 12.5 Å². The molecular weight excluding hydrogens is 232 g/mol. The number of rotatable bonds is 5. The summed E-state index contributed by atoms with van der Waals surface area (Å²) < 4.78 is 0. The van der Waals surface area contributed by atoms with Crippen molar-refractivity contribution >= 4 is 6.03 Å². The molecule has 2 amide bonds. The van der Waals surface area contributed by atoms with Crippen LogP contribution in [0.4, 0.5) is 4.79 Å². The van der Waals surface area contributed by atoms with Crippen LogP contribution in [0.3, 0.4) is 0 Å². The third-order valence-electron chi connectivity index (χ3n) is 2.63. The highest BCUT2D eigenvalue weighted by atomic mass is 16.3. The molecule has 1 rings (SSSR count). The minimum absolute atomic E-state index is 0.0109. The monoisotopic (exact) mass is 252 g/mol. The van der Waals surface area contributed by atoms with Gasteiger partial charge in [0.25, 0.3) is 0 Å². The van der Waals surface area contributed by atoms with E-state index < -0.39 is 0 Å². The summed E-state index contributed by atoms with van der Waals surface area (Å²) >= 11 is 0. The highest BCUT2D eigenvalue weighted by Crippen LogP contribution is 2.11. The first-order valence-electron chi connectivity index (χ1n) is 5.93. The van der Waals surface area contributed by atoms with Gasteiger partial charge in [0.15, 0.2) is 0 Å². The van der Waals surface area contributed by atoms with E-state index in [1.807, 2.05) is 19.1 Å². The van der Waals surface area contributed by atoms with Crippen molar-refractivity contribution in [1.29, 1.82) is 0 Å². The van der Waals surface area contributed by atoms with Crippen molar-refractivity contribution in [3.63, 3.8) is 0 Å².